The third-order valence-electron chi connectivity index (χ3n) is 4.77. The van der Waals surface area contributed by atoms with Gasteiger partial charge in [0.1, 0.15) is 11.6 Å². The first-order valence-corrected chi connectivity index (χ1v) is 9.34. The standard InChI is InChI=1S/C23H19FN2O4/c1-3-30-23(28)21-22(27)18-12-19(14-4-6-15(24)7-5-14)26(20(18)13-25-21)16-8-10-17(29-2)11-9-16/h4-13,27H,3H2,1-2H3. The molecule has 152 valence electrons. The summed E-state index contributed by atoms with van der Waals surface area (Å²) in [5, 5.41) is 11.2. The second-order valence-electron chi connectivity index (χ2n) is 6.54. The van der Waals surface area contributed by atoms with E-state index in [-0.39, 0.29) is 23.9 Å². The van der Waals surface area contributed by atoms with Crippen LogP contribution in [0, 0.1) is 5.82 Å². The van der Waals surface area contributed by atoms with Crippen LogP contribution >= 0.6 is 0 Å². The molecule has 1 N–H and O–H groups in total. The van der Waals surface area contributed by atoms with Crippen LogP contribution in [-0.4, -0.2) is 34.3 Å². The lowest BCUT2D eigenvalue weighted by Gasteiger charge is -2.12. The highest BCUT2D eigenvalue weighted by atomic mass is 19.1. The lowest BCUT2D eigenvalue weighted by molar-refractivity contribution is 0.0516. The Balaban J connectivity index is 1.98. The molecule has 0 aliphatic heterocycles. The zero-order valence-corrected chi connectivity index (χ0v) is 16.4. The zero-order valence-electron chi connectivity index (χ0n) is 16.4. The first-order chi connectivity index (χ1) is 14.5. The highest BCUT2D eigenvalue weighted by molar-refractivity contribution is 6.00. The van der Waals surface area contributed by atoms with Gasteiger partial charge in [0.25, 0.3) is 0 Å². The molecule has 2 aromatic carbocycles. The monoisotopic (exact) mass is 406 g/mol. The Hall–Kier alpha value is -3.87. The zero-order chi connectivity index (χ0) is 21.3. The fraction of sp³-hybridized carbons (Fsp3) is 0.130. The van der Waals surface area contributed by atoms with Crippen molar-refractivity contribution in [1.82, 2.24) is 9.55 Å². The molecular weight excluding hydrogens is 387 g/mol. The Morgan fingerprint density at radius 1 is 1.13 bits per heavy atom. The summed E-state index contributed by atoms with van der Waals surface area (Å²) >= 11 is 0. The lowest BCUT2D eigenvalue weighted by atomic mass is 10.1. The van der Waals surface area contributed by atoms with Gasteiger partial charge in [0.15, 0.2) is 11.4 Å². The number of pyridine rings is 1. The number of carbonyl (C=O) groups is 1. The van der Waals surface area contributed by atoms with Crippen molar-refractivity contribution in [1.29, 1.82) is 0 Å². The molecule has 0 saturated heterocycles. The number of carbonyl (C=O) groups excluding carboxylic acids is 1. The smallest absolute Gasteiger partial charge is 0.360 e. The van der Waals surface area contributed by atoms with Crippen LogP contribution in [0.4, 0.5) is 4.39 Å². The number of aromatic hydroxyl groups is 1. The molecule has 0 spiro atoms. The molecule has 0 aliphatic rings. The second kappa shape index (κ2) is 7.87. The van der Waals surface area contributed by atoms with Gasteiger partial charge in [-0.3, -0.25) is 0 Å². The molecule has 0 radical (unpaired) electrons. The minimum atomic E-state index is -0.697. The number of halogens is 1. The van der Waals surface area contributed by atoms with Crippen molar-refractivity contribution in [3.63, 3.8) is 0 Å². The summed E-state index contributed by atoms with van der Waals surface area (Å²) in [6, 6.07) is 15.1. The minimum Gasteiger partial charge on any atom is -0.505 e. The third kappa shape index (κ3) is 3.34. The maximum absolute atomic E-state index is 13.5. The van der Waals surface area contributed by atoms with E-state index in [1.807, 2.05) is 28.8 Å². The lowest BCUT2D eigenvalue weighted by Crippen LogP contribution is -2.07. The third-order valence-corrected chi connectivity index (χ3v) is 4.77. The number of nitrogens with zero attached hydrogens (tertiary/aromatic N) is 2. The summed E-state index contributed by atoms with van der Waals surface area (Å²) in [7, 11) is 1.59. The van der Waals surface area contributed by atoms with E-state index in [4.69, 9.17) is 9.47 Å². The predicted molar refractivity (Wildman–Crippen MR) is 111 cm³/mol. The fourth-order valence-corrected chi connectivity index (χ4v) is 3.35. The molecule has 0 fully saturated rings. The maximum Gasteiger partial charge on any atom is 0.360 e. The van der Waals surface area contributed by atoms with E-state index >= 15 is 0 Å². The molecule has 4 rings (SSSR count). The number of aromatic nitrogens is 2. The number of methoxy groups -OCH3 is 1. The summed E-state index contributed by atoms with van der Waals surface area (Å²) in [4.78, 5) is 16.3. The van der Waals surface area contributed by atoms with Gasteiger partial charge in [-0.1, -0.05) is 0 Å². The van der Waals surface area contributed by atoms with Crippen molar-refractivity contribution in [2.24, 2.45) is 0 Å². The summed E-state index contributed by atoms with van der Waals surface area (Å²) in [5.74, 6) is -0.608. The maximum atomic E-state index is 13.5. The summed E-state index contributed by atoms with van der Waals surface area (Å²) in [5.41, 5.74) is 2.66. The Bertz CT molecular complexity index is 1210. The van der Waals surface area contributed by atoms with E-state index in [9.17, 15) is 14.3 Å². The molecule has 2 heterocycles. The van der Waals surface area contributed by atoms with Crippen LogP contribution in [0.5, 0.6) is 11.5 Å². The molecule has 7 heteroatoms. The SMILES string of the molecule is CCOC(=O)c1ncc2c(cc(-c3ccc(F)cc3)n2-c2ccc(OC)cc2)c1O. The molecule has 4 aromatic rings. The Kier molecular flexibility index (Phi) is 5.10. The molecule has 0 aliphatic carbocycles. The van der Waals surface area contributed by atoms with E-state index in [1.54, 1.807) is 32.2 Å². The number of esters is 1. The molecule has 0 amide bonds. The molecule has 0 bridgehead atoms. The van der Waals surface area contributed by atoms with E-state index in [1.165, 1.54) is 18.3 Å². The van der Waals surface area contributed by atoms with Crippen LogP contribution in [0.25, 0.3) is 27.8 Å². The van der Waals surface area contributed by atoms with Crippen molar-refractivity contribution < 1.29 is 23.8 Å². The molecule has 6 nitrogen and oxygen atoms in total. The Labute approximate surface area is 172 Å². The number of ether oxygens (including phenoxy) is 2. The first-order valence-electron chi connectivity index (χ1n) is 9.34. The molecule has 2 aromatic heterocycles. The van der Waals surface area contributed by atoms with Crippen molar-refractivity contribution in [2.45, 2.75) is 6.92 Å². The number of benzene rings is 2. The Morgan fingerprint density at radius 2 is 1.83 bits per heavy atom. The van der Waals surface area contributed by atoms with E-state index in [0.29, 0.717) is 22.3 Å². The van der Waals surface area contributed by atoms with Gasteiger partial charge in [-0.05, 0) is 67.1 Å². The molecule has 0 saturated carbocycles. The average molecular weight is 406 g/mol. The van der Waals surface area contributed by atoms with E-state index in [0.717, 1.165) is 11.3 Å². The van der Waals surface area contributed by atoms with Crippen LogP contribution in [0.3, 0.4) is 0 Å². The molecule has 0 atom stereocenters. The highest BCUT2D eigenvalue weighted by Gasteiger charge is 2.22. The van der Waals surface area contributed by atoms with E-state index < -0.39 is 5.97 Å². The summed E-state index contributed by atoms with van der Waals surface area (Å²) < 4.78 is 25.6. The van der Waals surface area contributed by atoms with Crippen LogP contribution in [0.2, 0.25) is 0 Å². The largest absolute Gasteiger partial charge is 0.505 e. The van der Waals surface area contributed by atoms with Crippen molar-refractivity contribution in [2.75, 3.05) is 13.7 Å². The van der Waals surface area contributed by atoms with Crippen LogP contribution < -0.4 is 4.74 Å². The number of fused-ring (bicyclic) bond motifs is 1. The van der Waals surface area contributed by atoms with Gasteiger partial charge >= 0.3 is 5.97 Å². The molecule has 0 unspecified atom stereocenters. The quantitative estimate of drug-likeness (QED) is 0.486. The highest BCUT2D eigenvalue weighted by Crippen LogP contribution is 2.37. The van der Waals surface area contributed by atoms with Crippen LogP contribution in [0.15, 0.2) is 60.8 Å². The van der Waals surface area contributed by atoms with Crippen molar-refractivity contribution in [3.8, 4) is 28.4 Å². The summed E-state index contributed by atoms with van der Waals surface area (Å²) in [6.45, 7) is 1.85. The predicted octanol–water partition coefficient (Wildman–Crippen LogP) is 4.72. The van der Waals surface area contributed by atoms with Crippen molar-refractivity contribution >= 4 is 16.9 Å². The normalized spacial score (nSPS) is 10.9. The minimum absolute atomic E-state index is 0.151. The van der Waals surface area contributed by atoms with Gasteiger partial charge in [-0.25, -0.2) is 14.2 Å². The van der Waals surface area contributed by atoms with Crippen LogP contribution in [0.1, 0.15) is 17.4 Å². The van der Waals surface area contributed by atoms with Gasteiger partial charge < -0.3 is 19.1 Å². The number of hydrogen-bond acceptors (Lipinski definition) is 5. The van der Waals surface area contributed by atoms with Gasteiger partial charge in [0.2, 0.25) is 0 Å². The number of rotatable bonds is 5. The van der Waals surface area contributed by atoms with Crippen molar-refractivity contribution in [3.05, 3.63) is 72.3 Å². The average Bonchev–Trinajstić information content (AvgIpc) is 3.15. The van der Waals surface area contributed by atoms with Gasteiger partial charge in [-0.15, -0.1) is 0 Å². The number of hydrogen-bond donors (Lipinski definition) is 1. The second-order valence-corrected chi connectivity index (χ2v) is 6.54. The molecular formula is C23H19FN2O4. The first kappa shape index (κ1) is 19.4. The van der Waals surface area contributed by atoms with Gasteiger partial charge in [0, 0.05) is 11.1 Å². The summed E-state index contributed by atoms with van der Waals surface area (Å²) in [6.07, 6.45) is 1.51. The van der Waals surface area contributed by atoms with Gasteiger partial charge in [0.05, 0.1) is 31.1 Å². The van der Waals surface area contributed by atoms with Gasteiger partial charge in [-0.2, -0.15) is 0 Å². The van der Waals surface area contributed by atoms with E-state index in [2.05, 4.69) is 4.98 Å². The van der Waals surface area contributed by atoms with Crippen LogP contribution in [-0.2, 0) is 4.74 Å². The Morgan fingerprint density at radius 3 is 2.47 bits per heavy atom. The fourth-order valence-electron chi connectivity index (χ4n) is 3.35. The molecule has 30 heavy (non-hydrogen) atoms. The topological polar surface area (TPSA) is 73.6 Å².